The number of benzene rings is 3. The number of carbonyl (C=O) groups excluding carboxylic acids is 2. The molecule has 0 bridgehead atoms. The molecule has 1 aromatic heterocycles. The van der Waals surface area contributed by atoms with Crippen LogP contribution in [0.4, 0.5) is 20.2 Å². The van der Waals surface area contributed by atoms with Gasteiger partial charge in [0.05, 0.1) is 19.2 Å². The molecular formula is C37H38F2N4O5. The van der Waals surface area contributed by atoms with E-state index in [0.29, 0.717) is 59.2 Å². The van der Waals surface area contributed by atoms with Crippen molar-refractivity contribution in [2.45, 2.75) is 32.1 Å². The zero-order valence-electron chi connectivity index (χ0n) is 26.9. The van der Waals surface area contributed by atoms with Gasteiger partial charge < -0.3 is 29.7 Å². The molecule has 3 aliphatic rings. The highest BCUT2D eigenvalue weighted by Gasteiger charge is 2.56. The number of likely N-dealkylation sites (tertiary alicyclic amines) is 1. The zero-order valence-corrected chi connectivity index (χ0v) is 26.9. The van der Waals surface area contributed by atoms with Crippen LogP contribution in [0.1, 0.15) is 32.1 Å². The van der Waals surface area contributed by atoms with Crippen LogP contribution in [0.2, 0.25) is 0 Å². The number of pyridine rings is 1. The number of aromatic nitrogens is 1. The number of hydrogen-bond acceptors (Lipinski definition) is 7. The maximum Gasteiger partial charge on any atom is 0.240 e. The van der Waals surface area contributed by atoms with E-state index < -0.39 is 28.9 Å². The molecule has 3 unspecified atom stereocenters. The number of methoxy groups -OCH3 is 1. The molecule has 1 saturated heterocycles. The number of anilines is 2. The van der Waals surface area contributed by atoms with E-state index in [4.69, 9.17) is 14.2 Å². The van der Waals surface area contributed by atoms with Crippen LogP contribution in [0.15, 0.2) is 66.9 Å². The van der Waals surface area contributed by atoms with Gasteiger partial charge in [0.1, 0.15) is 17.0 Å². The van der Waals surface area contributed by atoms with Crippen molar-refractivity contribution >= 4 is 34.1 Å². The average Bonchev–Trinajstić information content (AvgIpc) is 3.80. The predicted octanol–water partition coefficient (Wildman–Crippen LogP) is 7.03. The SMILES string of the molecule is COc1cc2c(Oc3ccc(NC(=O)C4(C(=O)Nc5ccc(F)cc5)CC4)cc3F)ccnc2cc1OCC1CC2CCN(C)CC2C1. The molecule has 48 heavy (non-hydrogen) atoms. The maximum absolute atomic E-state index is 15.3. The highest BCUT2D eigenvalue weighted by Crippen LogP contribution is 2.48. The summed E-state index contributed by atoms with van der Waals surface area (Å²) >= 11 is 0. The fourth-order valence-electron chi connectivity index (χ4n) is 7.12. The second kappa shape index (κ2) is 13.0. The second-order valence-corrected chi connectivity index (χ2v) is 13.3. The van der Waals surface area contributed by atoms with E-state index in [1.165, 1.54) is 55.7 Å². The molecule has 9 nitrogen and oxygen atoms in total. The van der Waals surface area contributed by atoms with Crippen LogP contribution in [0.5, 0.6) is 23.0 Å². The normalized spacial score (nSPS) is 21.3. The number of halogens is 2. The van der Waals surface area contributed by atoms with E-state index in [1.807, 2.05) is 6.07 Å². The van der Waals surface area contributed by atoms with Crippen molar-refractivity contribution in [2.24, 2.45) is 23.2 Å². The van der Waals surface area contributed by atoms with Crippen molar-refractivity contribution in [3.8, 4) is 23.0 Å². The Bertz CT molecular complexity index is 1850. The molecule has 0 spiro atoms. The molecule has 2 aliphatic carbocycles. The van der Waals surface area contributed by atoms with Gasteiger partial charge in [-0.05, 0) is 112 Å². The molecule has 11 heteroatoms. The molecule has 2 amide bonds. The third-order valence-corrected chi connectivity index (χ3v) is 9.96. The van der Waals surface area contributed by atoms with E-state index in [2.05, 4.69) is 27.6 Å². The summed E-state index contributed by atoms with van der Waals surface area (Å²) in [5.74, 6) is 1.30. The van der Waals surface area contributed by atoms with Crippen LogP contribution in [-0.4, -0.2) is 55.6 Å². The highest BCUT2D eigenvalue weighted by molar-refractivity contribution is 6.16. The van der Waals surface area contributed by atoms with Crippen LogP contribution in [0.25, 0.3) is 10.9 Å². The molecule has 3 fully saturated rings. The summed E-state index contributed by atoms with van der Waals surface area (Å²) in [5.41, 5.74) is -0.0950. The Morgan fingerprint density at radius 2 is 1.62 bits per heavy atom. The topological polar surface area (TPSA) is 102 Å². The maximum atomic E-state index is 15.3. The molecule has 2 N–H and O–H groups in total. The number of piperidine rings is 1. The molecular weight excluding hydrogens is 618 g/mol. The van der Waals surface area contributed by atoms with Crippen LogP contribution in [0.3, 0.4) is 0 Å². The largest absolute Gasteiger partial charge is 0.493 e. The molecule has 250 valence electrons. The van der Waals surface area contributed by atoms with Crippen LogP contribution in [-0.2, 0) is 9.59 Å². The molecule has 2 saturated carbocycles. The van der Waals surface area contributed by atoms with E-state index in [0.717, 1.165) is 31.0 Å². The number of carbonyl (C=O) groups is 2. The Hall–Kier alpha value is -4.77. The first kappa shape index (κ1) is 31.8. The molecule has 7 rings (SSSR count). The third-order valence-electron chi connectivity index (χ3n) is 9.96. The summed E-state index contributed by atoms with van der Waals surface area (Å²) in [6, 6.07) is 14.6. The first-order chi connectivity index (χ1) is 23.2. The molecule has 0 radical (unpaired) electrons. The summed E-state index contributed by atoms with van der Waals surface area (Å²) < 4.78 is 46.5. The van der Waals surface area contributed by atoms with Crippen molar-refractivity contribution in [3.05, 3.63) is 78.5 Å². The first-order valence-electron chi connectivity index (χ1n) is 16.3. The summed E-state index contributed by atoms with van der Waals surface area (Å²) in [5, 5.41) is 5.93. The van der Waals surface area contributed by atoms with E-state index in [-0.39, 0.29) is 11.4 Å². The molecule has 3 atom stereocenters. The van der Waals surface area contributed by atoms with Gasteiger partial charge in [-0.15, -0.1) is 0 Å². The van der Waals surface area contributed by atoms with Gasteiger partial charge in [0, 0.05) is 41.6 Å². The number of nitrogens with one attached hydrogen (secondary N) is 2. The van der Waals surface area contributed by atoms with E-state index >= 15 is 4.39 Å². The van der Waals surface area contributed by atoms with E-state index in [1.54, 1.807) is 25.4 Å². The fraction of sp³-hybridized carbons (Fsp3) is 0.378. The van der Waals surface area contributed by atoms with Crippen molar-refractivity contribution < 1.29 is 32.6 Å². The van der Waals surface area contributed by atoms with Gasteiger partial charge in [-0.2, -0.15) is 0 Å². The summed E-state index contributed by atoms with van der Waals surface area (Å²) in [6.07, 6.45) is 5.89. The Balaban J connectivity index is 1.01. The molecule has 1 aliphatic heterocycles. The van der Waals surface area contributed by atoms with Gasteiger partial charge in [0.25, 0.3) is 0 Å². The summed E-state index contributed by atoms with van der Waals surface area (Å²) in [7, 11) is 3.78. The lowest BCUT2D eigenvalue weighted by atomic mass is 9.89. The number of rotatable bonds is 10. The Morgan fingerprint density at radius 3 is 2.35 bits per heavy atom. The van der Waals surface area contributed by atoms with Gasteiger partial charge in [0.2, 0.25) is 11.8 Å². The Labute approximate surface area is 277 Å². The van der Waals surface area contributed by atoms with Gasteiger partial charge >= 0.3 is 0 Å². The fourth-order valence-corrected chi connectivity index (χ4v) is 7.12. The minimum Gasteiger partial charge on any atom is -0.493 e. The van der Waals surface area contributed by atoms with Crippen LogP contribution < -0.4 is 24.8 Å². The monoisotopic (exact) mass is 656 g/mol. The predicted molar refractivity (Wildman–Crippen MR) is 177 cm³/mol. The number of fused-ring (bicyclic) bond motifs is 2. The lowest BCUT2D eigenvalue weighted by molar-refractivity contribution is -0.131. The number of ether oxygens (including phenoxy) is 3. The third kappa shape index (κ3) is 6.51. The van der Waals surface area contributed by atoms with Crippen LogP contribution >= 0.6 is 0 Å². The summed E-state index contributed by atoms with van der Waals surface area (Å²) in [6.45, 7) is 2.93. The molecule has 3 aromatic carbocycles. The number of amides is 2. The van der Waals surface area contributed by atoms with Crippen molar-refractivity contribution in [1.29, 1.82) is 0 Å². The number of hydrogen-bond donors (Lipinski definition) is 2. The van der Waals surface area contributed by atoms with Gasteiger partial charge in [-0.1, -0.05) is 0 Å². The first-order valence-corrected chi connectivity index (χ1v) is 16.3. The Morgan fingerprint density at radius 1 is 0.896 bits per heavy atom. The average molecular weight is 657 g/mol. The van der Waals surface area contributed by atoms with Gasteiger partial charge in [-0.3, -0.25) is 14.6 Å². The van der Waals surface area contributed by atoms with Crippen LogP contribution in [0, 0.1) is 34.8 Å². The lowest BCUT2D eigenvalue weighted by Crippen LogP contribution is -2.35. The highest BCUT2D eigenvalue weighted by atomic mass is 19.1. The minimum atomic E-state index is -1.27. The lowest BCUT2D eigenvalue weighted by Gasteiger charge is -2.32. The van der Waals surface area contributed by atoms with E-state index in [9.17, 15) is 14.0 Å². The van der Waals surface area contributed by atoms with Gasteiger partial charge in [0.15, 0.2) is 23.1 Å². The quantitative estimate of drug-likeness (QED) is 0.177. The smallest absolute Gasteiger partial charge is 0.240 e. The zero-order chi connectivity index (χ0) is 33.4. The second-order valence-electron chi connectivity index (χ2n) is 13.3. The number of nitrogens with zero attached hydrogens (tertiary/aromatic N) is 2. The molecule has 2 heterocycles. The van der Waals surface area contributed by atoms with Crippen molar-refractivity contribution in [2.75, 3.05) is 44.5 Å². The van der Waals surface area contributed by atoms with Crippen molar-refractivity contribution in [1.82, 2.24) is 9.88 Å². The summed E-state index contributed by atoms with van der Waals surface area (Å²) in [4.78, 5) is 32.9. The van der Waals surface area contributed by atoms with Crippen molar-refractivity contribution in [3.63, 3.8) is 0 Å². The standard InChI is InChI=1S/C37H38F2N4O5/c1-43-14-10-23-15-22(16-24(23)20-43)21-47-34-19-30-28(18-33(34)46-2)31(9-13-40-30)48-32-8-7-27(17-29(32)39)42-36(45)37(11-12-37)35(44)41-26-5-3-25(38)4-6-26/h3-9,13,17-19,22-24H,10-12,14-16,20-21H2,1-2H3,(H,41,44)(H,42,45). The Kier molecular flexibility index (Phi) is 8.63. The minimum absolute atomic E-state index is 0.0525. The van der Waals surface area contributed by atoms with Gasteiger partial charge in [-0.25, -0.2) is 8.78 Å². The molecule has 4 aromatic rings.